The molecule has 12 heteroatoms. The predicted octanol–water partition coefficient (Wildman–Crippen LogP) is 4.86. The molecule has 0 aliphatic heterocycles. The number of benzene rings is 4. The van der Waals surface area contributed by atoms with Crippen molar-refractivity contribution in [2.75, 3.05) is 17.6 Å². The molecule has 2 amide bonds. The molecule has 0 bridgehead atoms. The zero-order valence-electron chi connectivity index (χ0n) is 25.9. The number of hydrogen-bond donors (Lipinski definition) is 2. The second-order valence-electron chi connectivity index (χ2n) is 11.7. The first-order valence-corrected chi connectivity index (χ1v) is 16.8. The van der Waals surface area contributed by atoms with Crippen molar-refractivity contribution in [1.29, 1.82) is 0 Å². The van der Waals surface area contributed by atoms with Gasteiger partial charge in [-0.15, -0.1) is 0 Å². The van der Waals surface area contributed by atoms with E-state index in [9.17, 15) is 22.6 Å². The van der Waals surface area contributed by atoms with Crippen molar-refractivity contribution in [2.24, 2.45) is 0 Å². The van der Waals surface area contributed by atoms with E-state index in [1.165, 1.54) is 0 Å². The topological polar surface area (TPSA) is 115 Å². The Morgan fingerprint density at radius 1 is 0.848 bits per heavy atom. The van der Waals surface area contributed by atoms with Gasteiger partial charge in [-0.3, -0.25) is 9.59 Å². The minimum atomic E-state index is -4.43. The third kappa shape index (κ3) is 10.6. The fraction of sp³-hybridized carbons (Fsp3) is 0.235. The maximum absolute atomic E-state index is 13.8. The van der Waals surface area contributed by atoms with Crippen molar-refractivity contribution in [3.63, 3.8) is 0 Å². The van der Waals surface area contributed by atoms with E-state index in [2.05, 4.69) is 31.4 Å². The van der Waals surface area contributed by atoms with E-state index in [-0.39, 0.29) is 47.4 Å². The molecular weight excluding hydrogens is 678 g/mol. The molecule has 1 atom stereocenters. The quantitative estimate of drug-likeness (QED) is 0.181. The van der Waals surface area contributed by atoms with E-state index < -0.39 is 27.7 Å². The van der Waals surface area contributed by atoms with Crippen molar-refractivity contribution in [3.05, 3.63) is 122 Å². The number of anilines is 1. The van der Waals surface area contributed by atoms with Crippen LogP contribution in [0.2, 0.25) is 15.1 Å². The maximum Gasteiger partial charge on any atom is 1.00 e. The fourth-order valence-electron chi connectivity index (χ4n) is 4.72. The van der Waals surface area contributed by atoms with Crippen LogP contribution >= 0.6 is 34.8 Å². The fourth-order valence-corrected chi connectivity index (χ4v) is 5.82. The van der Waals surface area contributed by atoms with Gasteiger partial charge in [0.1, 0.15) is 0 Å². The normalized spacial score (nSPS) is 12.2. The van der Waals surface area contributed by atoms with Gasteiger partial charge in [0.05, 0.1) is 32.5 Å². The first kappa shape index (κ1) is 38.1. The first-order chi connectivity index (χ1) is 21.1. The molecular formula is C34H32Cl3N2NaO5S. The van der Waals surface area contributed by atoms with Gasteiger partial charge in [-0.05, 0) is 70.5 Å². The Bertz CT molecular complexity index is 1810. The van der Waals surface area contributed by atoms with Crippen molar-refractivity contribution >= 4 is 62.4 Å². The summed E-state index contributed by atoms with van der Waals surface area (Å²) in [6.45, 7) is 6.07. The summed E-state index contributed by atoms with van der Waals surface area (Å²) in [5, 5.41) is 6.74. The predicted molar refractivity (Wildman–Crippen MR) is 180 cm³/mol. The number of hydrogen-bond acceptors (Lipinski definition) is 5. The Kier molecular flexibility index (Phi) is 13.3. The molecule has 4 aromatic carbocycles. The van der Waals surface area contributed by atoms with Crippen LogP contribution in [-0.4, -0.2) is 37.1 Å². The van der Waals surface area contributed by atoms with Crippen molar-refractivity contribution in [3.8, 4) is 11.1 Å². The molecule has 4 rings (SSSR count). The summed E-state index contributed by atoms with van der Waals surface area (Å²) < 4.78 is 32.4. The maximum atomic E-state index is 13.8. The Labute approximate surface area is 307 Å². The minimum absolute atomic E-state index is 0. The second-order valence-corrected chi connectivity index (χ2v) is 14.4. The van der Waals surface area contributed by atoms with E-state index in [0.717, 1.165) is 27.8 Å². The van der Waals surface area contributed by atoms with Crippen LogP contribution in [0.15, 0.2) is 84.9 Å². The third-order valence-corrected chi connectivity index (χ3v) is 8.82. The molecule has 0 aliphatic rings. The molecule has 4 aromatic rings. The molecule has 46 heavy (non-hydrogen) atoms. The zero-order valence-corrected chi connectivity index (χ0v) is 30.9. The smallest absolute Gasteiger partial charge is 0.748 e. The summed E-state index contributed by atoms with van der Waals surface area (Å²) in [5.41, 5.74) is 4.94. The summed E-state index contributed by atoms with van der Waals surface area (Å²) in [4.78, 5) is 26.2. The van der Waals surface area contributed by atoms with Crippen LogP contribution in [0, 0.1) is 0 Å². The minimum Gasteiger partial charge on any atom is -0.748 e. The monoisotopic (exact) mass is 708 g/mol. The van der Waals surface area contributed by atoms with E-state index in [1.807, 2.05) is 30.3 Å². The largest absolute Gasteiger partial charge is 1.00 e. The van der Waals surface area contributed by atoms with E-state index in [1.54, 1.807) is 54.6 Å². The number of carbonyl (C=O) groups excluding carboxylic acids is 2. The van der Waals surface area contributed by atoms with Crippen LogP contribution in [0.25, 0.3) is 11.1 Å². The number of halogens is 3. The molecule has 0 fully saturated rings. The molecule has 236 valence electrons. The standard InChI is InChI=1S/C34H33Cl3N2O5S.Na/c1-34(2,3)25-11-8-22(9-12-25)28(18-21-4-6-23(7-5-21)32(40)38-16-17-45(42,43)44)33(41)39-31-15-10-24(19-30(31)37)27-14-13-26(35)20-29(27)36;/h4-15,19-20,28H,16-18H2,1-3H3,(H,38,40)(H,39,41)(H,42,43,44);/q;+1/p-1. The van der Waals surface area contributed by atoms with Crippen LogP contribution in [0.3, 0.4) is 0 Å². The Morgan fingerprint density at radius 2 is 1.50 bits per heavy atom. The Morgan fingerprint density at radius 3 is 2.07 bits per heavy atom. The summed E-state index contributed by atoms with van der Waals surface area (Å²) in [6, 6.07) is 25.1. The molecule has 0 aromatic heterocycles. The molecule has 1 unspecified atom stereocenters. The second kappa shape index (κ2) is 16.1. The SMILES string of the molecule is CC(C)(C)c1ccc(C(Cc2ccc(C(=O)NCCS(=O)(=O)[O-])cc2)C(=O)Nc2ccc(-c3ccc(Cl)cc3Cl)cc2Cl)cc1.[Na+]. The molecule has 0 heterocycles. The molecule has 0 saturated heterocycles. The first-order valence-electron chi connectivity index (χ1n) is 14.1. The average Bonchev–Trinajstić information content (AvgIpc) is 2.96. The third-order valence-electron chi connectivity index (χ3n) is 7.26. The van der Waals surface area contributed by atoms with Gasteiger partial charge in [-0.1, -0.05) is 104 Å². The summed E-state index contributed by atoms with van der Waals surface area (Å²) in [5.74, 6) is -2.06. The van der Waals surface area contributed by atoms with Gasteiger partial charge in [0.2, 0.25) is 5.91 Å². The van der Waals surface area contributed by atoms with Crippen LogP contribution < -0.4 is 40.2 Å². The van der Waals surface area contributed by atoms with Gasteiger partial charge in [0, 0.05) is 27.7 Å². The molecule has 0 saturated carbocycles. The van der Waals surface area contributed by atoms with Gasteiger partial charge in [-0.2, -0.15) is 0 Å². The van der Waals surface area contributed by atoms with Crippen LogP contribution in [0.5, 0.6) is 0 Å². The van der Waals surface area contributed by atoms with Crippen molar-refractivity contribution in [2.45, 2.75) is 38.5 Å². The molecule has 2 N–H and O–H groups in total. The van der Waals surface area contributed by atoms with Gasteiger partial charge >= 0.3 is 29.6 Å². The molecule has 0 spiro atoms. The Hall–Kier alpha value is -2.40. The van der Waals surface area contributed by atoms with Crippen LogP contribution in [-0.2, 0) is 26.7 Å². The van der Waals surface area contributed by atoms with Crippen molar-refractivity contribution < 1.29 is 52.1 Å². The number of carbonyl (C=O) groups is 2. The Balaban J connectivity index is 0.00000576. The van der Waals surface area contributed by atoms with Gasteiger partial charge in [0.15, 0.2) is 0 Å². The summed E-state index contributed by atoms with van der Waals surface area (Å²) in [6.07, 6.45) is 0.326. The van der Waals surface area contributed by atoms with E-state index >= 15 is 0 Å². The van der Waals surface area contributed by atoms with E-state index in [0.29, 0.717) is 32.7 Å². The van der Waals surface area contributed by atoms with E-state index in [4.69, 9.17) is 34.8 Å². The van der Waals surface area contributed by atoms with Crippen LogP contribution in [0.1, 0.15) is 53.7 Å². The van der Waals surface area contributed by atoms with Gasteiger partial charge in [0.25, 0.3) is 5.91 Å². The van der Waals surface area contributed by atoms with Gasteiger partial charge in [-0.25, -0.2) is 8.42 Å². The average molecular weight is 710 g/mol. The molecule has 0 radical (unpaired) electrons. The van der Waals surface area contributed by atoms with Crippen molar-refractivity contribution in [1.82, 2.24) is 5.32 Å². The molecule has 7 nitrogen and oxygen atoms in total. The number of amides is 2. The summed E-state index contributed by atoms with van der Waals surface area (Å²) >= 11 is 19.0. The summed E-state index contributed by atoms with van der Waals surface area (Å²) in [7, 11) is -4.43. The van der Waals surface area contributed by atoms with Gasteiger partial charge < -0.3 is 15.2 Å². The number of rotatable bonds is 10. The van der Waals surface area contributed by atoms with Crippen LogP contribution in [0.4, 0.5) is 5.69 Å². The number of nitrogens with one attached hydrogen (secondary N) is 2. The molecule has 0 aliphatic carbocycles. The zero-order chi connectivity index (χ0) is 32.9.